The molecule has 1 aliphatic rings. The molecule has 0 aliphatic heterocycles. The number of aromatic nitrogens is 2. The van der Waals surface area contributed by atoms with E-state index >= 15 is 0 Å². The number of aryl methyl sites for hydroxylation is 1. The van der Waals surface area contributed by atoms with Gasteiger partial charge in [0.1, 0.15) is 0 Å². The zero-order valence-electron chi connectivity index (χ0n) is 8.95. The Balaban J connectivity index is 0.000000396. The van der Waals surface area contributed by atoms with Crippen LogP contribution in [-0.2, 0) is 6.42 Å². The number of hydrogen-bond acceptors (Lipinski definition) is 1. The van der Waals surface area contributed by atoms with E-state index in [1.165, 1.54) is 24.8 Å². The van der Waals surface area contributed by atoms with Crippen molar-refractivity contribution in [3.8, 4) is 0 Å². The van der Waals surface area contributed by atoms with E-state index in [4.69, 9.17) is 0 Å². The summed E-state index contributed by atoms with van der Waals surface area (Å²) in [7, 11) is 0. The van der Waals surface area contributed by atoms with Gasteiger partial charge >= 0.3 is 0 Å². The van der Waals surface area contributed by atoms with Crippen LogP contribution in [0, 0.1) is 0 Å². The normalized spacial score (nSPS) is 15.9. The van der Waals surface area contributed by atoms with Crippen molar-refractivity contribution in [3.63, 3.8) is 0 Å². The third-order valence-electron chi connectivity index (χ3n) is 2.51. The maximum absolute atomic E-state index is 4.33. The van der Waals surface area contributed by atoms with E-state index in [1.807, 2.05) is 20.0 Å². The first-order chi connectivity index (χ1) is 6.40. The second-order valence-electron chi connectivity index (χ2n) is 3.27. The summed E-state index contributed by atoms with van der Waals surface area (Å²) in [6, 6.07) is 0.718. The van der Waals surface area contributed by atoms with Crippen molar-refractivity contribution in [2.75, 3.05) is 0 Å². The summed E-state index contributed by atoms with van der Waals surface area (Å²) in [5, 5.41) is 4.33. The monoisotopic (exact) mass is 180 g/mol. The maximum Gasteiger partial charge on any atom is 0.0521 e. The van der Waals surface area contributed by atoms with Crippen LogP contribution in [0.3, 0.4) is 0 Å². The molecule has 0 N–H and O–H groups in total. The van der Waals surface area contributed by atoms with Gasteiger partial charge in [-0.2, -0.15) is 5.10 Å². The molecule has 0 spiro atoms. The lowest BCUT2D eigenvalue weighted by Gasteiger charge is -2.25. The highest BCUT2D eigenvalue weighted by atomic mass is 15.3. The van der Waals surface area contributed by atoms with Crippen LogP contribution in [0.2, 0.25) is 0 Å². The van der Waals surface area contributed by atoms with E-state index in [-0.39, 0.29) is 0 Å². The first kappa shape index (κ1) is 10.3. The lowest BCUT2D eigenvalue weighted by Crippen LogP contribution is -2.16. The van der Waals surface area contributed by atoms with Crippen LogP contribution in [0.4, 0.5) is 0 Å². The molecule has 74 valence electrons. The van der Waals surface area contributed by atoms with Gasteiger partial charge in [0.25, 0.3) is 0 Å². The Bertz CT molecular complexity index is 236. The average molecular weight is 180 g/mol. The van der Waals surface area contributed by atoms with Crippen LogP contribution < -0.4 is 0 Å². The third kappa shape index (κ3) is 2.33. The maximum atomic E-state index is 4.33. The van der Waals surface area contributed by atoms with Gasteiger partial charge in [0.05, 0.1) is 12.2 Å². The molecule has 0 unspecified atom stereocenters. The highest BCUT2D eigenvalue weighted by molar-refractivity contribution is 5.04. The molecular weight excluding hydrogens is 160 g/mol. The summed E-state index contributed by atoms with van der Waals surface area (Å²) in [4.78, 5) is 0. The highest BCUT2D eigenvalue weighted by Gasteiger charge is 2.19. The Morgan fingerprint density at radius 3 is 2.54 bits per heavy atom. The van der Waals surface area contributed by atoms with Crippen molar-refractivity contribution in [1.82, 2.24) is 9.78 Å². The van der Waals surface area contributed by atoms with Crippen LogP contribution in [0.25, 0.3) is 0 Å². The van der Waals surface area contributed by atoms with Crippen molar-refractivity contribution in [3.05, 3.63) is 18.0 Å². The molecule has 1 aromatic heterocycles. The fraction of sp³-hybridized carbons (Fsp3) is 0.727. The number of rotatable bonds is 2. The van der Waals surface area contributed by atoms with Gasteiger partial charge in [0.15, 0.2) is 0 Å². The van der Waals surface area contributed by atoms with Gasteiger partial charge in [0, 0.05) is 6.20 Å². The summed E-state index contributed by atoms with van der Waals surface area (Å²) in [5.41, 5.74) is 1.36. The minimum Gasteiger partial charge on any atom is -0.269 e. The summed E-state index contributed by atoms with van der Waals surface area (Å²) in [6.07, 6.45) is 9.30. The molecule has 2 heteroatoms. The van der Waals surface area contributed by atoms with E-state index in [2.05, 4.69) is 22.9 Å². The molecule has 1 fully saturated rings. The van der Waals surface area contributed by atoms with Crippen LogP contribution in [0.5, 0.6) is 0 Å². The van der Waals surface area contributed by atoms with E-state index in [1.54, 1.807) is 0 Å². The Morgan fingerprint density at radius 2 is 2.15 bits per heavy atom. The molecule has 0 amide bonds. The van der Waals surface area contributed by atoms with Crippen molar-refractivity contribution >= 4 is 0 Å². The van der Waals surface area contributed by atoms with Crippen LogP contribution >= 0.6 is 0 Å². The standard InChI is InChI=1S/C9H14N2.C2H6/c1-2-8-6-10-11(7-8)9-4-3-5-9;1-2/h6-7,9H,2-5H2,1H3;1-2H3. The van der Waals surface area contributed by atoms with Gasteiger partial charge in [-0.3, -0.25) is 4.68 Å². The van der Waals surface area contributed by atoms with Crippen molar-refractivity contribution in [2.45, 2.75) is 52.5 Å². The van der Waals surface area contributed by atoms with Gasteiger partial charge in [0.2, 0.25) is 0 Å². The van der Waals surface area contributed by atoms with E-state index < -0.39 is 0 Å². The van der Waals surface area contributed by atoms with E-state index in [9.17, 15) is 0 Å². The average Bonchev–Trinajstić information content (AvgIpc) is 2.54. The first-order valence-corrected chi connectivity index (χ1v) is 5.43. The molecule has 2 rings (SSSR count). The molecule has 1 saturated carbocycles. The molecule has 1 aliphatic carbocycles. The predicted molar refractivity (Wildman–Crippen MR) is 55.8 cm³/mol. The Labute approximate surface area is 81.0 Å². The van der Waals surface area contributed by atoms with Crippen molar-refractivity contribution in [1.29, 1.82) is 0 Å². The van der Waals surface area contributed by atoms with Crippen LogP contribution in [0.15, 0.2) is 12.4 Å². The molecule has 13 heavy (non-hydrogen) atoms. The molecule has 0 radical (unpaired) electrons. The Kier molecular flexibility index (Phi) is 4.00. The molecular formula is C11H20N2. The second-order valence-corrected chi connectivity index (χ2v) is 3.27. The molecule has 0 saturated heterocycles. The van der Waals surface area contributed by atoms with Gasteiger partial charge in [-0.25, -0.2) is 0 Å². The summed E-state index contributed by atoms with van der Waals surface area (Å²) in [5.74, 6) is 0. The smallest absolute Gasteiger partial charge is 0.0521 e. The molecule has 0 aromatic carbocycles. The molecule has 1 heterocycles. The van der Waals surface area contributed by atoms with Crippen molar-refractivity contribution in [2.24, 2.45) is 0 Å². The number of hydrogen-bond donors (Lipinski definition) is 0. The number of nitrogens with zero attached hydrogens (tertiary/aromatic N) is 2. The fourth-order valence-electron chi connectivity index (χ4n) is 1.41. The third-order valence-corrected chi connectivity index (χ3v) is 2.51. The van der Waals surface area contributed by atoms with Crippen LogP contribution in [0.1, 0.15) is 51.6 Å². The lowest BCUT2D eigenvalue weighted by atomic mass is 9.93. The molecule has 2 nitrogen and oxygen atoms in total. The van der Waals surface area contributed by atoms with E-state index in [0.717, 1.165) is 12.5 Å². The quantitative estimate of drug-likeness (QED) is 0.683. The van der Waals surface area contributed by atoms with Gasteiger partial charge in [-0.1, -0.05) is 20.8 Å². The van der Waals surface area contributed by atoms with Crippen LogP contribution in [-0.4, -0.2) is 9.78 Å². The summed E-state index contributed by atoms with van der Waals surface area (Å²) < 4.78 is 2.13. The summed E-state index contributed by atoms with van der Waals surface area (Å²) in [6.45, 7) is 6.17. The Hall–Kier alpha value is -0.790. The molecule has 0 atom stereocenters. The largest absolute Gasteiger partial charge is 0.269 e. The zero-order valence-corrected chi connectivity index (χ0v) is 8.95. The van der Waals surface area contributed by atoms with Crippen molar-refractivity contribution < 1.29 is 0 Å². The minimum absolute atomic E-state index is 0.718. The Morgan fingerprint density at radius 1 is 1.46 bits per heavy atom. The topological polar surface area (TPSA) is 17.8 Å². The van der Waals surface area contributed by atoms with E-state index in [0.29, 0.717) is 0 Å². The summed E-state index contributed by atoms with van der Waals surface area (Å²) >= 11 is 0. The molecule has 1 aromatic rings. The van der Waals surface area contributed by atoms with Gasteiger partial charge in [-0.05, 0) is 31.2 Å². The van der Waals surface area contributed by atoms with Gasteiger partial charge in [-0.15, -0.1) is 0 Å². The minimum atomic E-state index is 0.718. The lowest BCUT2D eigenvalue weighted by molar-refractivity contribution is 0.289. The SMILES string of the molecule is CC.CCc1cnn(C2CCC2)c1. The predicted octanol–water partition coefficient (Wildman–Crippen LogP) is 3.20. The fourth-order valence-corrected chi connectivity index (χ4v) is 1.41. The molecule has 0 bridgehead atoms. The second kappa shape index (κ2) is 5.05. The van der Waals surface area contributed by atoms with Gasteiger partial charge < -0.3 is 0 Å². The zero-order chi connectivity index (χ0) is 9.68. The highest BCUT2D eigenvalue weighted by Crippen LogP contribution is 2.30. The first-order valence-electron chi connectivity index (χ1n) is 5.43.